The molecule has 72 valence electrons. The topological polar surface area (TPSA) is 37.8 Å². The van der Waals surface area contributed by atoms with Crippen molar-refractivity contribution in [3.8, 4) is 0 Å². The third kappa shape index (κ3) is 3.11. The zero-order valence-electron chi connectivity index (χ0n) is 8.54. The second kappa shape index (κ2) is 4.92. The quantitative estimate of drug-likeness (QED) is 0.764. The minimum Gasteiger partial charge on any atom is -0.311 e. The lowest BCUT2D eigenvalue weighted by atomic mass is 10.2. The van der Waals surface area contributed by atoms with E-state index < -0.39 is 0 Å². The zero-order chi connectivity index (χ0) is 9.68. The van der Waals surface area contributed by atoms with Crippen LogP contribution in [0.15, 0.2) is 12.3 Å². The van der Waals surface area contributed by atoms with Gasteiger partial charge < -0.3 is 5.32 Å². The molecule has 0 atom stereocenters. The summed E-state index contributed by atoms with van der Waals surface area (Å²) >= 11 is 0. The smallest absolute Gasteiger partial charge is 0.131 e. The molecule has 1 N–H and O–H groups in total. The van der Waals surface area contributed by atoms with E-state index in [0.29, 0.717) is 5.92 Å². The first-order valence-corrected chi connectivity index (χ1v) is 4.76. The van der Waals surface area contributed by atoms with E-state index in [1.807, 2.05) is 12.3 Å². The Morgan fingerprint density at radius 2 is 2.23 bits per heavy atom. The molecule has 0 amide bonds. The van der Waals surface area contributed by atoms with E-state index in [1.165, 1.54) is 0 Å². The van der Waals surface area contributed by atoms with Crippen LogP contribution in [0.3, 0.4) is 0 Å². The standard InChI is InChI=1S/C10H17N3/c1-4-11-7-9-5-6-12-10(13-9)8(2)3/h5-6,8,11H,4,7H2,1-3H3. The highest BCUT2D eigenvalue weighted by Gasteiger charge is 2.02. The first kappa shape index (κ1) is 10.1. The SMILES string of the molecule is CCNCc1ccnc(C(C)C)n1. The van der Waals surface area contributed by atoms with Crippen LogP contribution in [0.1, 0.15) is 38.2 Å². The van der Waals surface area contributed by atoms with Crippen molar-refractivity contribution in [3.05, 3.63) is 23.8 Å². The Morgan fingerprint density at radius 1 is 1.46 bits per heavy atom. The van der Waals surface area contributed by atoms with Crippen molar-refractivity contribution >= 4 is 0 Å². The van der Waals surface area contributed by atoms with Gasteiger partial charge in [-0.05, 0) is 12.6 Å². The summed E-state index contributed by atoms with van der Waals surface area (Å²) in [7, 11) is 0. The summed E-state index contributed by atoms with van der Waals surface area (Å²) in [5.74, 6) is 1.33. The van der Waals surface area contributed by atoms with Crippen molar-refractivity contribution in [1.82, 2.24) is 15.3 Å². The van der Waals surface area contributed by atoms with Crippen LogP contribution >= 0.6 is 0 Å². The van der Waals surface area contributed by atoms with Crippen molar-refractivity contribution in [2.75, 3.05) is 6.54 Å². The summed E-state index contributed by atoms with van der Waals surface area (Å²) in [5, 5.41) is 3.24. The second-order valence-electron chi connectivity index (χ2n) is 3.34. The zero-order valence-corrected chi connectivity index (χ0v) is 8.54. The Hall–Kier alpha value is -0.960. The van der Waals surface area contributed by atoms with Crippen LogP contribution in [0, 0.1) is 0 Å². The number of nitrogens with one attached hydrogen (secondary N) is 1. The summed E-state index contributed by atoms with van der Waals surface area (Å²) in [5.41, 5.74) is 1.07. The van der Waals surface area contributed by atoms with Gasteiger partial charge in [-0.1, -0.05) is 20.8 Å². The lowest BCUT2D eigenvalue weighted by Crippen LogP contribution is -2.14. The average Bonchev–Trinajstić information content (AvgIpc) is 2.15. The number of hydrogen-bond donors (Lipinski definition) is 1. The fourth-order valence-corrected chi connectivity index (χ4v) is 1.04. The highest BCUT2D eigenvalue weighted by atomic mass is 14.9. The van der Waals surface area contributed by atoms with Crippen LogP contribution in [0.5, 0.6) is 0 Å². The number of hydrogen-bond acceptors (Lipinski definition) is 3. The maximum atomic E-state index is 4.44. The van der Waals surface area contributed by atoms with E-state index >= 15 is 0 Å². The predicted molar refractivity (Wildman–Crippen MR) is 53.5 cm³/mol. The molecule has 0 radical (unpaired) electrons. The Balaban J connectivity index is 2.68. The minimum absolute atomic E-state index is 0.404. The van der Waals surface area contributed by atoms with E-state index in [-0.39, 0.29) is 0 Å². The Kier molecular flexibility index (Phi) is 3.83. The lowest BCUT2D eigenvalue weighted by molar-refractivity contribution is 0.687. The maximum absolute atomic E-state index is 4.44. The molecule has 3 heteroatoms. The third-order valence-electron chi connectivity index (χ3n) is 1.80. The molecular formula is C10H17N3. The molecule has 1 rings (SSSR count). The van der Waals surface area contributed by atoms with Crippen LogP contribution in [0.25, 0.3) is 0 Å². The van der Waals surface area contributed by atoms with E-state index in [2.05, 4.69) is 36.1 Å². The third-order valence-corrected chi connectivity index (χ3v) is 1.80. The molecule has 0 aliphatic rings. The van der Waals surface area contributed by atoms with Crippen LogP contribution in [0.2, 0.25) is 0 Å². The van der Waals surface area contributed by atoms with Gasteiger partial charge in [-0.2, -0.15) is 0 Å². The van der Waals surface area contributed by atoms with Gasteiger partial charge in [0.2, 0.25) is 0 Å². The molecule has 0 unspecified atom stereocenters. The molecule has 1 aromatic heterocycles. The summed E-state index contributed by atoms with van der Waals surface area (Å²) < 4.78 is 0. The van der Waals surface area contributed by atoms with Crippen LogP contribution in [0.4, 0.5) is 0 Å². The molecule has 0 saturated carbocycles. The van der Waals surface area contributed by atoms with Crippen LogP contribution < -0.4 is 5.32 Å². The molecule has 1 aromatic rings. The molecule has 0 aliphatic heterocycles. The van der Waals surface area contributed by atoms with Crippen molar-refractivity contribution < 1.29 is 0 Å². The van der Waals surface area contributed by atoms with Crippen molar-refractivity contribution in [1.29, 1.82) is 0 Å². The van der Waals surface area contributed by atoms with Crippen LogP contribution in [-0.4, -0.2) is 16.5 Å². The number of nitrogens with zero attached hydrogens (tertiary/aromatic N) is 2. The molecular weight excluding hydrogens is 162 g/mol. The highest BCUT2D eigenvalue weighted by molar-refractivity contribution is 5.04. The van der Waals surface area contributed by atoms with Crippen molar-refractivity contribution in [2.45, 2.75) is 33.2 Å². The first-order valence-electron chi connectivity index (χ1n) is 4.76. The van der Waals surface area contributed by atoms with Gasteiger partial charge in [0, 0.05) is 18.7 Å². The van der Waals surface area contributed by atoms with Gasteiger partial charge >= 0.3 is 0 Å². The Morgan fingerprint density at radius 3 is 2.85 bits per heavy atom. The Bertz CT molecular complexity index is 258. The Labute approximate surface area is 79.6 Å². The summed E-state index contributed by atoms with van der Waals surface area (Å²) in [6, 6.07) is 1.95. The van der Waals surface area contributed by atoms with E-state index in [1.54, 1.807) is 0 Å². The molecule has 0 fully saturated rings. The molecule has 1 heterocycles. The molecule has 0 spiro atoms. The molecule has 3 nitrogen and oxygen atoms in total. The summed E-state index contributed by atoms with van der Waals surface area (Å²) in [6.45, 7) is 8.10. The van der Waals surface area contributed by atoms with Gasteiger partial charge in [-0.3, -0.25) is 0 Å². The van der Waals surface area contributed by atoms with Gasteiger partial charge in [-0.15, -0.1) is 0 Å². The molecule has 0 aromatic carbocycles. The van der Waals surface area contributed by atoms with Gasteiger partial charge in [0.25, 0.3) is 0 Å². The number of aromatic nitrogens is 2. The van der Waals surface area contributed by atoms with Gasteiger partial charge in [0.05, 0.1) is 5.69 Å². The maximum Gasteiger partial charge on any atom is 0.131 e. The van der Waals surface area contributed by atoms with Gasteiger partial charge in [0.15, 0.2) is 0 Å². The lowest BCUT2D eigenvalue weighted by Gasteiger charge is -2.05. The van der Waals surface area contributed by atoms with Gasteiger partial charge in [0.1, 0.15) is 5.82 Å². The second-order valence-corrected chi connectivity index (χ2v) is 3.34. The fourth-order valence-electron chi connectivity index (χ4n) is 1.04. The molecule has 0 saturated heterocycles. The van der Waals surface area contributed by atoms with E-state index in [4.69, 9.17) is 0 Å². The highest BCUT2D eigenvalue weighted by Crippen LogP contribution is 2.07. The van der Waals surface area contributed by atoms with E-state index in [0.717, 1.165) is 24.6 Å². The van der Waals surface area contributed by atoms with Crippen molar-refractivity contribution in [2.24, 2.45) is 0 Å². The largest absolute Gasteiger partial charge is 0.311 e. The molecule has 0 aliphatic carbocycles. The monoisotopic (exact) mass is 179 g/mol. The van der Waals surface area contributed by atoms with E-state index in [9.17, 15) is 0 Å². The summed E-state index contributed by atoms with van der Waals surface area (Å²) in [4.78, 5) is 8.64. The molecule has 0 bridgehead atoms. The average molecular weight is 179 g/mol. The first-order chi connectivity index (χ1) is 6.24. The fraction of sp³-hybridized carbons (Fsp3) is 0.600. The van der Waals surface area contributed by atoms with Gasteiger partial charge in [-0.25, -0.2) is 9.97 Å². The normalized spacial score (nSPS) is 10.8. The number of rotatable bonds is 4. The minimum atomic E-state index is 0.404. The van der Waals surface area contributed by atoms with Crippen molar-refractivity contribution in [3.63, 3.8) is 0 Å². The predicted octanol–water partition coefficient (Wildman–Crippen LogP) is 1.71. The molecule has 13 heavy (non-hydrogen) atoms. The summed E-state index contributed by atoms with van der Waals surface area (Å²) in [6.07, 6.45) is 1.83. The van der Waals surface area contributed by atoms with Crippen LogP contribution in [-0.2, 0) is 6.54 Å².